The Morgan fingerprint density at radius 2 is 1.90 bits per heavy atom. The third kappa shape index (κ3) is 2.15. The molecule has 0 aromatic carbocycles. The molecule has 0 fully saturated rings. The third-order valence-electron chi connectivity index (χ3n) is 2.75. The number of nitrogens with zero attached hydrogens (tertiary/aromatic N) is 6. The number of aromatic nitrogens is 6. The minimum Gasteiger partial charge on any atom is -0.368 e. The molecular formula is C11H11ClN8. The normalized spacial score (nSPS) is 11.1. The summed E-state index contributed by atoms with van der Waals surface area (Å²) >= 11 is 5.97. The van der Waals surface area contributed by atoms with Gasteiger partial charge in [-0.25, -0.2) is 19.9 Å². The van der Waals surface area contributed by atoms with Gasteiger partial charge in [0, 0.05) is 31.0 Å². The van der Waals surface area contributed by atoms with Gasteiger partial charge in [-0.05, 0) is 11.6 Å². The van der Waals surface area contributed by atoms with Crippen LogP contribution in [0.5, 0.6) is 0 Å². The zero-order chi connectivity index (χ0) is 14.1. The van der Waals surface area contributed by atoms with E-state index in [1.165, 1.54) is 0 Å². The van der Waals surface area contributed by atoms with E-state index in [9.17, 15) is 0 Å². The average molecular weight is 291 g/mol. The van der Waals surface area contributed by atoms with Crippen LogP contribution in [0.1, 0.15) is 0 Å². The van der Waals surface area contributed by atoms with E-state index in [1.807, 2.05) is 4.57 Å². The maximum Gasteiger partial charge on any atom is 0.225 e. The molecule has 0 radical (unpaired) electrons. The van der Waals surface area contributed by atoms with Crippen molar-refractivity contribution >= 4 is 28.7 Å². The van der Waals surface area contributed by atoms with E-state index in [4.69, 9.17) is 23.1 Å². The topological polar surface area (TPSA) is 121 Å². The quantitative estimate of drug-likeness (QED) is 0.673. The fourth-order valence-electron chi connectivity index (χ4n) is 1.88. The van der Waals surface area contributed by atoms with Crippen molar-refractivity contribution in [2.45, 2.75) is 6.54 Å². The molecule has 0 saturated carbocycles. The van der Waals surface area contributed by atoms with Gasteiger partial charge in [0.1, 0.15) is 11.2 Å². The lowest BCUT2D eigenvalue weighted by Gasteiger charge is -2.04. The molecule has 3 heterocycles. The number of fused-ring (bicyclic) bond motifs is 1. The average Bonchev–Trinajstić information content (AvgIpc) is 2.82. The van der Waals surface area contributed by atoms with Gasteiger partial charge < -0.3 is 16.0 Å². The van der Waals surface area contributed by atoms with E-state index < -0.39 is 0 Å². The van der Waals surface area contributed by atoms with Crippen LogP contribution in [0.15, 0.2) is 18.7 Å². The Morgan fingerprint density at radius 3 is 2.60 bits per heavy atom. The van der Waals surface area contributed by atoms with Gasteiger partial charge in [0.05, 0.1) is 6.33 Å². The summed E-state index contributed by atoms with van der Waals surface area (Å²) in [5.74, 6) is 0.193. The zero-order valence-corrected chi connectivity index (χ0v) is 11.1. The SMILES string of the molecule is NCCn1cnc2c(-c3cnc(N)nc3)nc(Cl)nc21. The van der Waals surface area contributed by atoms with Gasteiger partial charge in [0.15, 0.2) is 5.65 Å². The summed E-state index contributed by atoms with van der Waals surface area (Å²) in [6.45, 7) is 1.08. The van der Waals surface area contributed by atoms with Crippen molar-refractivity contribution in [1.82, 2.24) is 29.5 Å². The molecule has 0 aliphatic carbocycles. The second-order valence-electron chi connectivity index (χ2n) is 4.07. The van der Waals surface area contributed by atoms with Gasteiger partial charge in [-0.1, -0.05) is 0 Å². The van der Waals surface area contributed by atoms with E-state index in [1.54, 1.807) is 18.7 Å². The summed E-state index contributed by atoms with van der Waals surface area (Å²) in [6, 6.07) is 0. The van der Waals surface area contributed by atoms with E-state index in [-0.39, 0.29) is 11.2 Å². The first-order chi connectivity index (χ1) is 9.69. The highest BCUT2D eigenvalue weighted by Gasteiger charge is 2.14. The molecule has 0 unspecified atom stereocenters. The van der Waals surface area contributed by atoms with E-state index in [0.717, 1.165) is 0 Å². The predicted molar refractivity (Wildman–Crippen MR) is 74.8 cm³/mol. The second kappa shape index (κ2) is 4.99. The van der Waals surface area contributed by atoms with Crippen LogP contribution in [0.25, 0.3) is 22.4 Å². The highest BCUT2D eigenvalue weighted by molar-refractivity contribution is 6.28. The molecule has 3 rings (SSSR count). The van der Waals surface area contributed by atoms with E-state index >= 15 is 0 Å². The van der Waals surface area contributed by atoms with Gasteiger partial charge in [0.25, 0.3) is 0 Å². The number of hydrogen-bond donors (Lipinski definition) is 2. The Hall–Kier alpha value is -2.32. The number of nitrogens with two attached hydrogens (primary N) is 2. The first-order valence-corrected chi connectivity index (χ1v) is 6.23. The summed E-state index contributed by atoms with van der Waals surface area (Å²) in [4.78, 5) is 20.6. The lowest BCUT2D eigenvalue weighted by atomic mass is 10.2. The van der Waals surface area contributed by atoms with Crippen LogP contribution in [0.3, 0.4) is 0 Å². The molecule has 20 heavy (non-hydrogen) atoms. The minimum atomic E-state index is 0.128. The van der Waals surface area contributed by atoms with Crippen LogP contribution in [0, 0.1) is 0 Å². The number of imidazole rings is 1. The molecule has 0 amide bonds. The van der Waals surface area contributed by atoms with Crippen LogP contribution in [0.4, 0.5) is 5.95 Å². The highest BCUT2D eigenvalue weighted by atomic mass is 35.5. The second-order valence-corrected chi connectivity index (χ2v) is 4.41. The van der Waals surface area contributed by atoms with Gasteiger partial charge in [-0.15, -0.1) is 0 Å². The molecule has 0 aliphatic rings. The summed E-state index contributed by atoms with van der Waals surface area (Å²) in [7, 11) is 0. The monoisotopic (exact) mass is 290 g/mol. The summed E-state index contributed by atoms with van der Waals surface area (Å²) in [5, 5.41) is 0.128. The van der Waals surface area contributed by atoms with Gasteiger partial charge in [0.2, 0.25) is 11.2 Å². The summed E-state index contributed by atoms with van der Waals surface area (Å²) < 4.78 is 1.82. The Labute approximate surface area is 118 Å². The van der Waals surface area contributed by atoms with E-state index in [2.05, 4.69) is 24.9 Å². The minimum absolute atomic E-state index is 0.128. The van der Waals surface area contributed by atoms with Crippen LogP contribution in [-0.2, 0) is 6.54 Å². The zero-order valence-electron chi connectivity index (χ0n) is 10.4. The van der Waals surface area contributed by atoms with E-state index in [0.29, 0.717) is 35.5 Å². The number of anilines is 1. The lowest BCUT2D eigenvalue weighted by molar-refractivity contribution is 0.721. The molecule has 0 aliphatic heterocycles. The smallest absolute Gasteiger partial charge is 0.225 e. The molecule has 102 valence electrons. The lowest BCUT2D eigenvalue weighted by Crippen LogP contribution is -2.09. The molecule has 0 atom stereocenters. The fourth-order valence-corrected chi connectivity index (χ4v) is 2.05. The van der Waals surface area contributed by atoms with Crippen LogP contribution >= 0.6 is 11.6 Å². The number of nitrogen functional groups attached to an aromatic ring is 1. The van der Waals surface area contributed by atoms with Crippen molar-refractivity contribution in [1.29, 1.82) is 0 Å². The number of rotatable bonds is 3. The van der Waals surface area contributed by atoms with Gasteiger partial charge in [-0.2, -0.15) is 4.98 Å². The first-order valence-electron chi connectivity index (χ1n) is 5.85. The van der Waals surface area contributed by atoms with Crippen molar-refractivity contribution in [2.24, 2.45) is 5.73 Å². The number of hydrogen-bond acceptors (Lipinski definition) is 7. The molecule has 3 aromatic rings. The van der Waals surface area contributed by atoms with Crippen molar-refractivity contribution in [3.8, 4) is 11.3 Å². The fraction of sp³-hybridized carbons (Fsp3) is 0.182. The van der Waals surface area contributed by atoms with Crippen molar-refractivity contribution in [2.75, 3.05) is 12.3 Å². The van der Waals surface area contributed by atoms with Gasteiger partial charge in [-0.3, -0.25) is 0 Å². The molecule has 0 bridgehead atoms. The molecule has 4 N–H and O–H groups in total. The van der Waals surface area contributed by atoms with Crippen LogP contribution < -0.4 is 11.5 Å². The largest absolute Gasteiger partial charge is 0.368 e. The van der Waals surface area contributed by atoms with Crippen molar-refractivity contribution in [3.63, 3.8) is 0 Å². The molecule has 3 aromatic heterocycles. The molecule has 8 nitrogen and oxygen atoms in total. The maximum absolute atomic E-state index is 5.97. The van der Waals surface area contributed by atoms with Crippen LogP contribution in [0.2, 0.25) is 5.28 Å². The third-order valence-corrected chi connectivity index (χ3v) is 2.92. The molecule has 0 spiro atoms. The Balaban J connectivity index is 2.22. The first kappa shape index (κ1) is 12.7. The Bertz CT molecular complexity index is 751. The van der Waals surface area contributed by atoms with Gasteiger partial charge >= 0.3 is 0 Å². The maximum atomic E-state index is 5.97. The molecule has 0 saturated heterocycles. The highest BCUT2D eigenvalue weighted by Crippen LogP contribution is 2.25. The van der Waals surface area contributed by atoms with Crippen molar-refractivity contribution < 1.29 is 0 Å². The molecule has 9 heteroatoms. The van der Waals surface area contributed by atoms with Crippen LogP contribution in [-0.4, -0.2) is 36.0 Å². The number of halogens is 1. The standard InChI is InChI=1S/C11H11ClN8/c12-10-18-7(6-3-15-11(14)16-4-6)8-9(19-10)20(2-1-13)5-17-8/h3-5H,1-2,13H2,(H2,14,15,16). The summed E-state index contributed by atoms with van der Waals surface area (Å²) in [6.07, 6.45) is 4.80. The van der Waals surface area contributed by atoms with Crippen molar-refractivity contribution in [3.05, 3.63) is 24.0 Å². The predicted octanol–water partition coefficient (Wildman–Crippen LogP) is 0.478. The molecular weight excluding hydrogens is 280 g/mol. The Morgan fingerprint density at radius 1 is 1.15 bits per heavy atom. The summed E-state index contributed by atoms with van der Waals surface area (Å²) in [5.41, 5.74) is 13.5. The Kier molecular flexibility index (Phi) is 3.17.